The van der Waals surface area contributed by atoms with Gasteiger partial charge in [0.1, 0.15) is 6.04 Å². The van der Waals surface area contributed by atoms with Crippen molar-refractivity contribution in [3.05, 3.63) is 29.6 Å². The van der Waals surface area contributed by atoms with Gasteiger partial charge in [0.25, 0.3) is 0 Å². The molecule has 0 saturated carbocycles. The number of nitrogens with one attached hydrogen (secondary N) is 1. The van der Waals surface area contributed by atoms with Gasteiger partial charge in [0.05, 0.1) is 0 Å². The van der Waals surface area contributed by atoms with Gasteiger partial charge in [-0.1, -0.05) is 19.9 Å². The molecule has 0 aliphatic heterocycles. The van der Waals surface area contributed by atoms with E-state index in [0.29, 0.717) is 18.9 Å². The molecule has 1 rings (SSSR count). The Morgan fingerprint density at radius 3 is 2.65 bits per heavy atom. The molecular weight excluding hydrogens is 216 g/mol. The number of hydrogen-bond acceptors (Lipinski definition) is 3. The van der Waals surface area contributed by atoms with Crippen molar-refractivity contribution in [1.29, 1.82) is 0 Å². The van der Waals surface area contributed by atoms with E-state index in [9.17, 15) is 4.79 Å². The molecule has 1 unspecified atom stereocenters. The molecule has 1 heterocycles. The van der Waals surface area contributed by atoms with Crippen molar-refractivity contribution in [2.45, 2.75) is 39.8 Å². The third kappa shape index (κ3) is 4.95. The minimum absolute atomic E-state index is 0.361. The summed E-state index contributed by atoms with van der Waals surface area (Å²) < 4.78 is 0. The molecule has 2 N–H and O–H groups in total. The van der Waals surface area contributed by atoms with E-state index in [1.54, 1.807) is 6.20 Å². The van der Waals surface area contributed by atoms with Crippen LogP contribution in [0.15, 0.2) is 18.3 Å². The topological polar surface area (TPSA) is 62.2 Å². The number of pyridine rings is 1. The minimum Gasteiger partial charge on any atom is -0.480 e. The lowest BCUT2D eigenvalue weighted by Gasteiger charge is -2.16. The highest BCUT2D eigenvalue weighted by molar-refractivity contribution is 5.73. The molecule has 0 aromatic carbocycles. The standard InChI is InChI=1S/C13H20N2O2/c1-9(2)6-12(13(16)17)15-8-11-5-4-10(3)14-7-11/h4-5,7,9,12,15H,6,8H2,1-3H3,(H,16,17). The number of aliphatic carboxylic acids is 1. The van der Waals surface area contributed by atoms with Gasteiger partial charge in [-0.25, -0.2) is 0 Å². The lowest BCUT2D eigenvalue weighted by molar-refractivity contribution is -0.140. The van der Waals surface area contributed by atoms with Crippen LogP contribution in [-0.4, -0.2) is 22.1 Å². The maximum Gasteiger partial charge on any atom is 0.320 e. The number of hydrogen-bond donors (Lipinski definition) is 2. The molecule has 1 atom stereocenters. The Bertz CT molecular complexity index is 360. The van der Waals surface area contributed by atoms with Crippen LogP contribution in [-0.2, 0) is 11.3 Å². The van der Waals surface area contributed by atoms with Gasteiger partial charge in [0.2, 0.25) is 0 Å². The molecule has 94 valence electrons. The molecule has 1 aromatic rings. The van der Waals surface area contributed by atoms with Gasteiger partial charge in [-0.2, -0.15) is 0 Å². The zero-order valence-electron chi connectivity index (χ0n) is 10.6. The second-order valence-corrected chi connectivity index (χ2v) is 4.71. The Balaban J connectivity index is 2.51. The van der Waals surface area contributed by atoms with E-state index in [1.165, 1.54) is 0 Å². The fourth-order valence-electron chi connectivity index (χ4n) is 1.59. The van der Waals surface area contributed by atoms with Crippen molar-refractivity contribution in [3.63, 3.8) is 0 Å². The lowest BCUT2D eigenvalue weighted by Crippen LogP contribution is -2.37. The number of carbonyl (C=O) groups is 1. The van der Waals surface area contributed by atoms with Gasteiger partial charge in [-0.15, -0.1) is 0 Å². The minimum atomic E-state index is -0.793. The van der Waals surface area contributed by atoms with Crippen molar-refractivity contribution >= 4 is 5.97 Å². The number of aryl methyl sites for hydroxylation is 1. The van der Waals surface area contributed by atoms with E-state index >= 15 is 0 Å². The van der Waals surface area contributed by atoms with Crippen molar-refractivity contribution in [2.75, 3.05) is 0 Å². The summed E-state index contributed by atoms with van der Waals surface area (Å²) in [5.74, 6) is -0.432. The lowest BCUT2D eigenvalue weighted by atomic mass is 10.0. The van der Waals surface area contributed by atoms with Gasteiger partial charge in [0.15, 0.2) is 0 Å². The highest BCUT2D eigenvalue weighted by atomic mass is 16.4. The van der Waals surface area contributed by atoms with Crippen LogP contribution >= 0.6 is 0 Å². The first kappa shape index (κ1) is 13.6. The summed E-state index contributed by atoms with van der Waals surface area (Å²) in [6, 6.07) is 3.40. The van der Waals surface area contributed by atoms with Crippen molar-refractivity contribution in [2.24, 2.45) is 5.92 Å². The summed E-state index contributed by atoms with van der Waals surface area (Å²) >= 11 is 0. The van der Waals surface area contributed by atoms with E-state index in [4.69, 9.17) is 5.11 Å². The zero-order chi connectivity index (χ0) is 12.8. The Morgan fingerprint density at radius 2 is 2.18 bits per heavy atom. The zero-order valence-corrected chi connectivity index (χ0v) is 10.6. The van der Waals surface area contributed by atoms with Crippen LogP contribution in [0.2, 0.25) is 0 Å². The molecule has 1 aromatic heterocycles. The summed E-state index contributed by atoms with van der Waals surface area (Å²) in [5.41, 5.74) is 1.97. The van der Waals surface area contributed by atoms with Gasteiger partial charge in [0, 0.05) is 18.4 Å². The molecule has 0 saturated heterocycles. The Hall–Kier alpha value is -1.42. The number of carboxylic acid groups (broad SMARTS) is 1. The van der Waals surface area contributed by atoms with Crippen molar-refractivity contribution < 1.29 is 9.90 Å². The number of nitrogens with zero attached hydrogens (tertiary/aromatic N) is 1. The maximum atomic E-state index is 11.0. The molecule has 0 radical (unpaired) electrons. The average molecular weight is 236 g/mol. The summed E-state index contributed by atoms with van der Waals surface area (Å²) in [7, 11) is 0. The van der Waals surface area contributed by atoms with E-state index in [-0.39, 0.29) is 0 Å². The predicted molar refractivity (Wildman–Crippen MR) is 66.7 cm³/mol. The molecule has 0 spiro atoms. The smallest absolute Gasteiger partial charge is 0.320 e. The fourth-order valence-corrected chi connectivity index (χ4v) is 1.59. The van der Waals surface area contributed by atoms with E-state index in [1.807, 2.05) is 32.9 Å². The first-order chi connectivity index (χ1) is 7.99. The molecule has 17 heavy (non-hydrogen) atoms. The third-order valence-electron chi connectivity index (χ3n) is 2.53. The maximum absolute atomic E-state index is 11.0. The fraction of sp³-hybridized carbons (Fsp3) is 0.538. The molecular formula is C13H20N2O2. The molecule has 0 amide bonds. The highest BCUT2D eigenvalue weighted by Crippen LogP contribution is 2.06. The quantitative estimate of drug-likeness (QED) is 0.792. The third-order valence-corrected chi connectivity index (χ3v) is 2.53. The van der Waals surface area contributed by atoms with Crippen LogP contribution in [0, 0.1) is 12.8 Å². The number of rotatable bonds is 6. The molecule has 0 bridgehead atoms. The van der Waals surface area contributed by atoms with E-state index in [0.717, 1.165) is 11.3 Å². The first-order valence-electron chi connectivity index (χ1n) is 5.86. The monoisotopic (exact) mass is 236 g/mol. The van der Waals surface area contributed by atoms with Crippen LogP contribution in [0.1, 0.15) is 31.5 Å². The van der Waals surface area contributed by atoms with Gasteiger partial charge >= 0.3 is 5.97 Å². The molecule has 0 aliphatic rings. The Morgan fingerprint density at radius 1 is 1.47 bits per heavy atom. The van der Waals surface area contributed by atoms with E-state index < -0.39 is 12.0 Å². The van der Waals surface area contributed by atoms with Gasteiger partial charge < -0.3 is 10.4 Å². The molecule has 4 nitrogen and oxygen atoms in total. The Kier molecular flexibility index (Phi) is 5.10. The summed E-state index contributed by atoms with van der Waals surface area (Å²) in [6.07, 6.45) is 2.41. The molecule has 4 heteroatoms. The van der Waals surface area contributed by atoms with Crippen LogP contribution in [0.3, 0.4) is 0 Å². The van der Waals surface area contributed by atoms with Gasteiger partial charge in [-0.3, -0.25) is 9.78 Å². The number of aromatic nitrogens is 1. The van der Waals surface area contributed by atoms with Crippen molar-refractivity contribution in [1.82, 2.24) is 10.3 Å². The van der Waals surface area contributed by atoms with Crippen LogP contribution in [0.25, 0.3) is 0 Å². The second kappa shape index (κ2) is 6.35. The van der Waals surface area contributed by atoms with Gasteiger partial charge in [-0.05, 0) is 30.9 Å². The summed E-state index contributed by atoms with van der Waals surface area (Å²) in [5, 5.41) is 12.1. The second-order valence-electron chi connectivity index (χ2n) is 4.71. The first-order valence-corrected chi connectivity index (χ1v) is 5.86. The van der Waals surface area contributed by atoms with Crippen molar-refractivity contribution in [3.8, 4) is 0 Å². The van der Waals surface area contributed by atoms with Crippen LogP contribution in [0.5, 0.6) is 0 Å². The predicted octanol–water partition coefficient (Wildman–Crippen LogP) is 1.98. The largest absolute Gasteiger partial charge is 0.480 e. The number of carboxylic acids is 1. The summed E-state index contributed by atoms with van der Waals surface area (Å²) in [6.45, 7) is 6.50. The van der Waals surface area contributed by atoms with Crippen LogP contribution in [0.4, 0.5) is 0 Å². The van der Waals surface area contributed by atoms with E-state index in [2.05, 4.69) is 10.3 Å². The SMILES string of the molecule is Cc1ccc(CNC(CC(C)C)C(=O)O)cn1. The summed E-state index contributed by atoms with van der Waals surface area (Å²) in [4.78, 5) is 15.2. The Labute approximate surface area is 102 Å². The molecule has 0 aliphatic carbocycles. The average Bonchev–Trinajstić information content (AvgIpc) is 2.25. The molecule has 0 fully saturated rings. The normalized spacial score (nSPS) is 12.7. The highest BCUT2D eigenvalue weighted by Gasteiger charge is 2.17. The van der Waals surface area contributed by atoms with Crippen LogP contribution < -0.4 is 5.32 Å².